The van der Waals surface area contributed by atoms with Gasteiger partial charge in [0.2, 0.25) is 0 Å². The summed E-state index contributed by atoms with van der Waals surface area (Å²) in [7, 11) is 0. The molecule has 1 N–H and O–H groups in total. The molecule has 166 valence electrons. The summed E-state index contributed by atoms with van der Waals surface area (Å²) in [4.78, 5) is 38.6. The van der Waals surface area contributed by atoms with Crippen molar-refractivity contribution in [3.05, 3.63) is 99.3 Å². The summed E-state index contributed by atoms with van der Waals surface area (Å²) < 4.78 is 20.0. The summed E-state index contributed by atoms with van der Waals surface area (Å²) in [5, 5.41) is 2.20. The maximum Gasteiger partial charge on any atom is 0.335 e. The Balaban J connectivity index is 1.57. The largest absolute Gasteiger partial charge is 0.488 e. The predicted octanol–water partition coefficient (Wildman–Crippen LogP) is 5.14. The van der Waals surface area contributed by atoms with Crippen LogP contribution in [0.3, 0.4) is 0 Å². The summed E-state index contributed by atoms with van der Waals surface area (Å²) in [6, 6.07) is 17.3. The topological polar surface area (TPSA) is 75.7 Å². The van der Waals surface area contributed by atoms with Crippen LogP contribution in [0.1, 0.15) is 16.7 Å². The third-order valence-corrected chi connectivity index (χ3v) is 5.62. The molecule has 6 nitrogen and oxygen atoms in total. The van der Waals surface area contributed by atoms with Crippen molar-refractivity contribution in [1.82, 2.24) is 5.32 Å². The lowest BCUT2D eigenvalue weighted by molar-refractivity contribution is -0.122. The van der Waals surface area contributed by atoms with E-state index in [1.807, 2.05) is 6.92 Å². The molecule has 4 amide bonds. The van der Waals surface area contributed by atoms with Crippen molar-refractivity contribution in [3.63, 3.8) is 0 Å². The van der Waals surface area contributed by atoms with Gasteiger partial charge in [-0.3, -0.25) is 14.9 Å². The molecule has 1 aliphatic heterocycles. The van der Waals surface area contributed by atoms with Crippen LogP contribution < -0.4 is 15.0 Å². The zero-order valence-corrected chi connectivity index (χ0v) is 19.1. The molecule has 3 aromatic rings. The van der Waals surface area contributed by atoms with Crippen LogP contribution in [0.2, 0.25) is 0 Å². The van der Waals surface area contributed by atoms with E-state index < -0.39 is 17.8 Å². The third-order valence-electron chi connectivity index (χ3n) is 5.00. The highest BCUT2D eigenvalue weighted by Crippen LogP contribution is 2.29. The van der Waals surface area contributed by atoms with Gasteiger partial charge in [-0.2, -0.15) is 0 Å². The monoisotopic (exact) mass is 508 g/mol. The van der Waals surface area contributed by atoms with Gasteiger partial charge in [0.1, 0.15) is 23.7 Å². The van der Waals surface area contributed by atoms with E-state index in [9.17, 15) is 18.8 Å². The number of carbonyl (C=O) groups excluding carboxylic acids is 3. The highest BCUT2D eigenvalue weighted by Gasteiger charge is 2.36. The minimum atomic E-state index is -0.802. The molecule has 0 aromatic heterocycles. The van der Waals surface area contributed by atoms with Crippen molar-refractivity contribution >= 4 is 45.5 Å². The SMILES string of the molecule is Cc1ccc(N2C(=O)NC(=O)/C(=C\c3ccc(OCc4ccccc4F)c(Br)c3)C2=O)cc1. The van der Waals surface area contributed by atoms with Crippen LogP contribution in [0.15, 0.2) is 76.8 Å². The molecule has 0 atom stereocenters. The van der Waals surface area contributed by atoms with E-state index in [0.717, 1.165) is 10.5 Å². The molecule has 8 heteroatoms. The van der Waals surface area contributed by atoms with E-state index in [0.29, 0.717) is 27.0 Å². The van der Waals surface area contributed by atoms with Gasteiger partial charge >= 0.3 is 6.03 Å². The van der Waals surface area contributed by atoms with Crippen LogP contribution in [0.5, 0.6) is 5.75 Å². The number of anilines is 1. The van der Waals surface area contributed by atoms with E-state index in [4.69, 9.17) is 4.74 Å². The van der Waals surface area contributed by atoms with Crippen molar-refractivity contribution in [2.75, 3.05) is 4.90 Å². The van der Waals surface area contributed by atoms with Crippen molar-refractivity contribution in [2.24, 2.45) is 0 Å². The van der Waals surface area contributed by atoms with Gasteiger partial charge in [0.05, 0.1) is 10.2 Å². The molecular weight excluding hydrogens is 491 g/mol. The molecule has 33 heavy (non-hydrogen) atoms. The Labute approximate surface area is 197 Å². The second kappa shape index (κ2) is 9.38. The molecule has 0 bridgehead atoms. The number of urea groups is 1. The van der Waals surface area contributed by atoms with Crippen molar-refractivity contribution in [3.8, 4) is 5.75 Å². The first-order chi connectivity index (χ1) is 15.8. The number of barbiturate groups is 1. The van der Waals surface area contributed by atoms with Gasteiger partial charge in [-0.1, -0.05) is 42.0 Å². The van der Waals surface area contributed by atoms with Crippen LogP contribution in [-0.4, -0.2) is 17.8 Å². The normalized spacial score (nSPS) is 15.1. The van der Waals surface area contributed by atoms with Crippen molar-refractivity contribution < 1.29 is 23.5 Å². The van der Waals surface area contributed by atoms with Crippen LogP contribution in [0.4, 0.5) is 14.9 Å². The van der Waals surface area contributed by atoms with E-state index in [1.165, 1.54) is 12.1 Å². The molecule has 0 saturated carbocycles. The molecule has 1 fully saturated rings. The number of amides is 4. The third kappa shape index (κ3) is 4.85. The average molecular weight is 509 g/mol. The smallest absolute Gasteiger partial charge is 0.335 e. The molecule has 3 aromatic carbocycles. The zero-order chi connectivity index (χ0) is 23.5. The Bertz CT molecular complexity index is 1290. The minimum Gasteiger partial charge on any atom is -0.488 e. The first-order valence-electron chi connectivity index (χ1n) is 9.97. The van der Waals surface area contributed by atoms with Gasteiger partial charge in [-0.05, 0) is 64.8 Å². The molecule has 4 rings (SSSR count). The number of aryl methyl sites for hydroxylation is 1. The molecule has 1 heterocycles. The highest BCUT2D eigenvalue weighted by molar-refractivity contribution is 9.10. The standard InChI is InChI=1S/C25H18BrFN2O4/c1-15-6-9-18(10-7-15)29-24(31)19(23(30)28-25(29)32)12-16-8-11-22(20(26)13-16)33-14-17-4-2-3-5-21(17)27/h2-13H,14H2,1H3,(H,28,30,32)/b19-12+. The first kappa shape index (κ1) is 22.4. The second-order valence-corrected chi connectivity index (χ2v) is 8.22. The summed E-state index contributed by atoms with van der Waals surface area (Å²) in [6.45, 7) is 1.93. The highest BCUT2D eigenvalue weighted by atomic mass is 79.9. The minimum absolute atomic E-state index is 0.0419. The fourth-order valence-electron chi connectivity index (χ4n) is 3.25. The molecule has 1 aliphatic rings. The van der Waals surface area contributed by atoms with E-state index >= 15 is 0 Å². The van der Waals surface area contributed by atoms with Gasteiger partial charge in [-0.15, -0.1) is 0 Å². The average Bonchev–Trinajstić information content (AvgIpc) is 2.78. The second-order valence-electron chi connectivity index (χ2n) is 7.36. The number of halogens is 2. The summed E-state index contributed by atoms with van der Waals surface area (Å²) >= 11 is 3.40. The predicted molar refractivity (Wildman–Crippen MR) is 125 cm³/mol. The summed E-state index contributed by atoms with van der Waals surface area (Å²) in [5.74, 6) is -1.38. The number of ether oxygens (including phenoxy) is 1. The molecular formula is C25H18BrFN2O4. The fourth-order valence-corrected chi connectivity index (χ4v) is 3.76. The molecule has 1 saturated heterocycles. The van der Waals surface area contributed by atoms with E-state index in [1.54, 1.807) is 60.7 Å². The maximum absolute atomic E-state index is 13.8. The number of hydrogen-bond acceptors (Lipinski definition) is 4. The Morgan fingerprint density at radius 3 is 2.45 bits per heavy atom. The lowest BCUT2D eigenvalue weighted by atomic mass is 10.1. The Morgan fingerprint density at radius 1 is 1.03 bits per heavy atom. The van der Waals surface area contributed by atoms with Gasteiger partial charge < -0.3 is 4.74 Å². The zero-order valence-electron chi connectivity index (χ0n) is 17.5. The number of nitrogens with one attached hydrogen (secondary N) is 1. The van der Waals surface area contributed by atoms with Gasteiger partial charge in [0.25, 0.3) is 11.8 Å². The number of carbonyl (C=O) groups is 3. The number of imide groups is 2. The molecule has 0 unspecified atom stereocenters. The van der Waals surface area contributed by atoms with Crippen molar-refractivity contribution in [1.29, 1.82) is 0 Å². The van der Waals surface area contributed by atoms with Gasteiger partial charge in [0.15, 0.2) is 0 Å². The number of hydrogen-bond donors (Lipinski definition) is 1. The van der Waals surface area contributed by atoms with Crippen LogP contribution in [0.25, 0.3) is 6.08 Å². The number of rotatable bonds is 5. The van der Waals surface area contributed by atoms with Gasteiger partial charge in [0, 0.05) is 5.56 Å². The van der Waals surface area contributed by atoms with Crippen LogP contribution in [-0.2, 0) is 16.2 Å². The molecule has 0 aliphatic carbocycles. The summed E-state index contributed by atoms with van der Waals surface area (Å²) in [5.41, 5.74) is 2.11. The van der Waals surface area contributed by atoms with E-state index in [2.05, 4.69) is 21.2 Å². The van der Waals surface area contributed by atoms with E-state index in [-0.39, 0.29) is 18.0 Å². The molecule has 0 spiro atoms. The van der Waals surface area contributed by atoms with Crippen LogP contribution in [0, 0.1) is 12.7 Å². The Hall–Kier alpha value is -3.78. The summed E-state index contributed by atoms with van der Waals surface area (Å²) in [6.07, 6.45) is 1.40. The number of benzene rings is 3. The molecule has 0 radical (unpaired) electrons. The quantitative estimate of drug-likeness (QED) is 0.382. The maximum atomic E-state index is 13.8. The lowest BCUT2D eigenvalue weighted by Crippen LogP contribution is -2.54. The number of nitrogens with zero attached hydrogens (tertiary/aromatic N) is 1. The first-order valence-corrected chi connectivity index (χ1v) is 10.8. The van der Waals surface area contributed by atoms with Crippen LogP contribution >= 0.6 is 15.9 Å². The fraction of sp³-hybridized carbons (Fsp3) is 0.0800. The Kier molecular flexibility index (Phi) is 6.37. The lowest BCUT2D eigenvalue weighted by Gasteiger charge is -2.26. The van der Waals surface area contributed by atoms with Gasteiger partial charge in [-0.25, -0.2) is 14.1 Å². The van der Waals surface area contributed by atoms with Crippen molar-refractivity contribution in [2.45, 2.75) is 13.5 Å². The Morgan fingerprint density at radius 2 is 1.76 bits per heavy atom.